The maximum Gasteiger partial charge on any atom is 0.280 e. The summed E-state index contributed by atoms with van der Waals surface area (Å²) < 4.78 is 6.70. The number of nitrogens with one attached hydrogen (secondary N) is 1. The Balaban J connectivity index is 1.54. The van der Waals surface area contributed by atoms with Crippen LogP contribution in [-0.2, 0) is 4.79 Å². The number of hydrogen-bond donors (Lipinski definition) is 1. The lowest BCUT2D eigenvalue weighted by molar-refractivity contribution is -0.127. The summed E-state index contributed by atoms with van der Waals surface area (Å²) in [6, 6.07) is 21.6. The molecule has 0 aliphatic rings. The molecule has 26 heavy (non-hydrogen) atoms. The lowest BCUT2D eigenvalue weighted by Gasteiger charge is -2.13. The van der Waals surface area contributed by atoms with Crippen molar-refractivity contribution in [3.8, 4) is 16.9 Å². The normalized spacial score (nSPS) is 12.1. The van der Waals surface area contributed by atoms with E-state index in [4.69, 9.17) is 4.74 Å². The number of ether oxygens (including phenoxy) is 1. The van der Waals surface area contributed by atoms with Gasteiger partial charge >= 0.3 is 0 Å². The van der Waals surface area contributed by atoms with Gasteiger partial charge in [-0.25, -0.2) is 5.43 Å². The van der Waals surface area contributed by atoms with E-state index < -0.39 is 6.10 Å². The number of hydrogen-bond acceptors (Lipinski definition) is 4. The molecule has 132 valence electrons. The maximum atomic E-state index is 12.1. The van der Waals surface area contributed by atoms with Crippen LogP contribution in [0.2, 0.25) is 0 Å². The fraction of sp³-hybridized carbons (Fsp3) is 0.100. The Bertz CT molecular complexity index is 892. The highest BCUT2D eigenvalue weighted by Gasteiger charge is 2.14. The Morgan fingerprint density at radius 3 is 2.42 bits per heavy atom. The van der Waals surface area contributed by atoms with Crippen LogP contribution in [0.25, 0.3) is 11.1 Å². The first-order chi connectivity index (χ1) is 12.6. The van der Waals surface area contributed by atoms with Gasteiger partial charge in [-0.1, -0.05) is 42.5 Å². The zero-order valence-electron chi connectivity index (χ0n) is 14.1. The van der Waals surface area contributed by atoms with Gasteiger partial charge in [-0.05, 0) is 58.2 Å². The van der Waals surface area contributed by atoms with Gasteiger partial charge in [-0.15, -0.1) is 11.3 Å². The fourth-order valence-electron chi connectivity index (χ4n) is 2.26. The van der Waals surface area contributed by atoms with Gasteiger partial charge in [0.2, 0.25) is 0 Å². The number of benzene rings is 2. The van der Waals surface area contributed by atoms with Crippen LogP contribution >= 0.6 is 27.3 Å². The average Bonchev–Trinajstić information content (AvgIpc) is 3.08. The van der Waals surface area contributed by atoms with Gasteiger partial charge in [0.25, 0.3) is 5.91 Å². The quantitative estimate of drug-likeness (QED) is 0.438. The number of amides is 1. The van der Waals surface area contributed by atoms with E-state index in [9.17, 15) is 4.79 Å². The molecule has 1 N–H and O–H groups in total. The minimum atomic E-state index is -0.648. The second kappa shape index (κ2) is 8.78. The molecule has 6 heteroatoms. The van der Waals surface area contributed by atoms with E-state index in [2.05, 4.69) is 38.6 Å². The summed E-state index contributed by atoms with van der Waals surface area (Å²) in [5.74, 6) is 0.336. The first kappa shape index (κ1) is 18.4. The number of thiophene rings is 1. The van der Waals surface area contributed by atoms with Crippen LogP contribution < -0.4 is 10.2 Å². The molecule has 1 unspecified atom stereocenters. The minimum Gasteiger partial charge on any atom is -0.481 e. The van der Waals surface area contributed by atoms with Gasteiger partial charge in [0.1, 0.15) is 5.75 Å². The number of carbonyl (C=O) groups excluding carboxylic acids is 1. The van der Waals surface area contributed by atoms with Crippen molar-refractivity contribution in [2.24, 2.45) is 5.10 Å². The summed E-state index contributed by atoms with van der Waals surface area (Å²) in [6.45, 7) is 1.69. The van der Waals surface area contributed by atoms with Crippen LogP contribution in [0.5, 0.6) is 5.75 Å². The molecule has 1 amide bonds. The molecule has 0 radical (unpaired) electrons. The highest BCUT2D eigenvalue weighted by atomic mass is 79.9. The van der Waals surface area contributed by atoms with Crippen molar-refractivity contribution in [1.82, 2.24) is 5.43 Å². The number of hydrazone groups is 1. The average molecular weight is 429 g/mol. The van der Waals surface area contributed by atoms with Crippen molar-refractivity contribution in [3.63, 3.8) is 0 Å². The second-order valence-electron chi connectivity index (χ2n) is 5.53. The summed E-state index contributed by atoms with van der Waals surface area (Å²) in [7, 11) is 0. The molecule has 0 bridgehead atoms. The third-order valence-corrected chi connectivity index (χ3v) is 5.16. The molecule has 0 saturated heterocycles. The van der Waals surface area contributed by atoms with Crippen LogP contribution in [0.4, 0.5) is 0 Å². The van der Waals surface area contributed by atoms with Gasteiger partial charge < -0.3 is 4.74 Å². The number of halogens is 1. The van der Waals surface area contributed by atoms with E-state index in [-0.39, 0.29) is 5.91 Å². The molecule has 0 saturated carbocycles. The molecule has 0 spiro atoms. The Labute approximate surface area is 164 Å². The summed E-state index contributed by atoms with van der Waals surface area (Å²) in [4.78, 5) is 13.0. The van der Waals surface area contributed by atoms with Gasteiger partial charge in [-0.3, -0.25) is 4.79 Å². The summed E-state index contributed by atoms with van der Waals surface area (Å²) in [5, 5.41) is 3.96. The van der Waals surface area contributed by atoms with Crippen LogP contribution in [0, 0.1) is 0 Å². The van der Waals surface area contributed by atoms with Crippen molar-refractivity contribution in [2.45, 2.75) is 13.0 Å². The van der Waals surface area contributed by atoms with Gasteiger partial charge in [0.15, 0.2) is 6.10 Å². The molecule has 0 aliphatic carbocycles. The SMILES string of the molecule is CC(Oc1ccc(-c2ccccc2)cc1)C(=O)NN=Cc1ccc(Br)s1. The molecule has 0 aliphatic heterocycles. The summed E-state index contributed by atoms with van der Waals surface area (Å²) in [5.41, 5.74) is 4.73. The van der Waals surface area contributed by atoms with Crippen LogP contribution in [0.3, 0.4) is 0 Å². The molecule has 3 aromatic rings. The van der Waals surface area contributed by atoms with E-state index in [1.165, 1.54) is 11.3 Å². The number of nitrogens with zero attached hydrogens (tertiary/aromatic N) is 1. The van der Waals surface area contributed by atoms with Crippen molar-refractivity contribution < 1.29 is 9.53 Å². The number of rotatable bonds is 6. The van der Waals surface area contributed by atoms with Crippen molar-refractivity contribution in [1.29, 1.82) is 0 Å². The monoisotopic (exact) mass is 428 g/mol. The minimum absolute atomic E-state index is 0.302. The number of carbonyl (C=O) groups is 1. The van der Waals surface area contributed by atoms with Gasteiger partial charge in [0, 0.05) is 4.88 Å². The topological polar surface area (TPSA) is 50.7 Å². The first-order valence-electron chi connectivity index (χ1n) is 8.02. The van der Waals surface area contributed by atoms with E-state index >= 15 is 0 Å². The smallest absolute Gasteiger partial charge is 0.280 e. The van der Waals surface area contributed by atoms with Crippen molar-refractivity contribution >= 4 is 39.4 Å². The second-order valence-corrected chi connectivity index (χ2v) is 8.02. The Morgan fingerprint density at radius 2 is 1.77 bits per heavy atom. The first-order valence-corrected chi connectivity index (χ1v) is 9.63. The highest BCUT2D eigenvalue weighted by molar-refractivity contribution is 9.11. The van der Waals surface area contributed by atoms with E-state index in [0.717, 1.165) is 19.8 Å². The van der Waals surface area contributed by atoms with E-state index in [1.54, 1.807) is 13.1 Å². The molecule has 1 heterocycles. The van der Waals surface area contributed by atoms with E-state index in [1.807, 2.05) is 54.6 Å². The zero-order valence-corrected chi connectivity index (χ0v) is 16.5. The Kier molecular flexibility index (Phi) is 6.20. The molecule has 0 fully saturated rings. The lowest BCUT2D eigenvalue weighted by atomic mass is 10.1. The largest absolute Gasteiger partial charge is 0.481 e. The third-order valence-electron chi connectivity index (χ3n) is 3.60. The predicted molar refractivity (Wildman–Crippen MR) is 110 cm³/mol. The highest BCUT2D eigenvalue weighted by Crippen LogP contribution is 2.23. The molecular weight excluding hydrogens is 412 g/mol. The molecule has 1 atom stereocenters. The summed E-state index contributed by atoms with van der Waals surface area (Å²) in [6.07, 6.45) is 0.958. The lowest BCUT2D eigenvalue weighted by Crippen LogP contribution is -2.33. The fourth-order valence-corrected chi connectivity index (χ4v) is 3.56. The van der Waals surface area contributed by atoms with Crippen molar-refractivity contribution in [2.75, 3.05) is 0 Å². The molecule has 2 aromatic carbocycles. The third kappa shape index (κ3) is 5.03. The van der Waals surface area contributed by atoms with Gasteiger partial charge in [-0.2, -0.15) is 5.10 Å². The standard InChI is InChI=1S/C20H17BrN2O2S/c1-14(20(24)23-22-13-18-11-12-19(21)26-18)25-17-9-7-16(8-10-17)15-5-3-2-4-6-15/h2-14H,1H3,(H,23,24). The van der Waals surface area contributed by atoms with Crippen LogP contribution in [0.15, 0.2) is 75.6 Å². The van der Waals surface area contributed by atoms with Crippen LogP contribution in [-0.4, -0.2) is 18.2 Å². The maximum absolute atomic E-state index is 12.1. The zero-order chi connectivity index (χ0) is 18.4. The van der Waals surface area contributed by atoms with Gasteiger partial charge in [0.05, 0.1) is 10.0 Å². The predicted octanol–water partition coefficient (Wildman–Crippen LogP) is 5.10. The Hall–Kier alpha value is -2.44. The van der Waals surface area contributed by atoms with Crippen molar-refractivity contribution in [3.05, 3.63) is 75.4 Å². The summed E-state index contributed by atoms with van der Waals surface area (Å²) >= 11 is 4.92. The molecule has 3 rings (SSSR count). The van der Waals surface area contributed by atoms with E-state index in [0.29, 0.717) is 5.75 Å². The molecular formula is C20H17BrN2O2S. The Morgan fingerprint density at radius 1 is 1.08 bits per heavy atom. The van der Waals surface area contributed by atoms with Crippen LogP contribution in [0.1, 0.15) is 11.8 Å². The molecule has 1 aromatic heterocycles. The molecule has 4 nitrogen and oxygen atoms in total.